The van der Waals surface area contributed by atoms with Crippen LogP contribution in [-0.4, -0.2) is 64.5 Å². The van der Waals surface area contributed by atoms with Crippen LogP contribution in [0.3, 0.4) is 0 Å². The first-order valence-corrected chi connectivity index (χ1v) is 9.52. The zero-order valence-electron chi connectivity index (χ0n) is 16.5. The lowest BCUT2D eigenvalue weighted by molar-refractivity contribution is 0.0537. The Morgan fingerprint density at radius 1 is 1.07 bits per heavy atom. The molecule has 0 N–H and O–H groups in total. The lowest BCUT2D eigenvalue weighted by Gasteiger charge is -2.40. The maximum absolute atomic E-state index is 13.2. The molecule has 1 aliphatic rings. The van der Waals surface area contributed by atoms with Crippen LogP contribution in [0.5, 0.6) is 5.75 Å². The lowest BCUT2D eigenvalue weighted by Crippen LogP contribution is -2.49. The quantitative estimate of drug-likeness (QED) is 0.683. The molecule has 7 heteroatoms. The summed E-state index contributed by atoms with van der Waals surface area (Å²) in [7, 11) is 3.75. The molecule has 1 saturated heterocycles. The Kier molecular flexibility index (Phi) is 5.48. The highest BCUT2D eigenvalue weighted by molar-refractivity contribution is 5.93. The van der Waals surface area contributed by atoms with Crippen LogP contribution in [-0.2, 0) is 0 Å². The fraction of sp³-hybridized carbons (Fsp3) is 0.273. The van der Waals surface area contributed by atoms with E-state index in [1.807, 2.05) is 35.2 Å². The Labute approximate surface area is 170 Å². The smallest absolute Gasteiger partial charge is 0.272 e. The molecule has 3 aromatic rings. The maximum Gasteiger partial charge on any atom is 0.272 e. The van der Waals surface area contributed by atoms with Gasteiger partial charge in [-0.3, -0.25) is 9.69 Å². The molecule has 2 aromatic heterocycles. The SMILES string of the molecule is COc1ccccc1C1CN(C(=O)c2cccc(-c3cncnc3)n2)CCN1C. The van der Waals surface area contributed by atoms with Crippen LogP contribution in [0.15, 0.2) is 61.2 Å². The summed E-state index contributed by atoms with van der Waals surface area (Å²) in [5.74, 6) is 0.763. The van der Waals surface area contributed by atoms with E-state index in [0.29, 0.717) is 24.5 Å². The highest BCUT2D eigenvalue weighted by Crippen LogP contribution is 2.31. The number of piperazine rings is 1. The van der Waals surface area contributed by atoms with Gasteiger partial charge in [0.1, 0.15) is 17.8 Å². The molecule has 1 atom stereocenters. The standard InChI is InChI=1S/C22H23N5O2/c1-26-10-11-27(14-20(26)17-6-3-4-9-21(17)29-2)22(28)19-8-5-7-18(25-19)16-12-23-15-24-13-16/h3-9,12-13,15,20H,10-11,14H2,1-2H3. The first kappa shape index (κ1) is 19.0. The number of carbonyl (C=O) groups is 1. The number of carbonyl (C=O) groups excluding carboxylic acids is 1. The van der Waals surface area contributed by atoms with Gasteiger partial charge in [0, 0.05) is 43.2 Å². The maximum atomic E-state index is 13.2. The number of rotatable bonds is 4. The van der Waals surface area contributed by atoms with E-state index in [1.54, 1.807) is 25.6 Å². The van der Waals surface area contributed by atoms with Crippen LogP contribution in [0, 0.1) is 0 Å². The molecule has 1 fully saturated rings. The number of amides is 1. The summed E-state index contributed by atoms with van der Waals surface area (Å²) in [5.41, 5.74) is 2.98. The van der Waals surface area contributed by atoms with Crippen molar-refractivity contribution in [3.63, 3.8) is 0 Å². The van der Waals surface area contributed by atoms with Crippen LogP contribution >= 0.6 is 0 Å². The summed E-state index contributed by atoms with van der Waals surface area (Å²) in [4.78, 5) is 29.9. The van der Waals surface area contributed by atoms with Gasteiger partial charge in [-0.15, -0.1) is 0 Å². The third-order valence-electron chi connectivity index (χ3n) is 5.26. The largest absolute Gasteiger partial charge is 0.496 e. The van der Waals surface area contributed by atoms with Gasteiger partial charge in [-0.05, 0) is 25.2 Å². The third kappa shape index (κ3) is 3.95. The van der Waals surface area contributed by atoms with Crippen molar-refractivity contribution < 1.29 is 9.53 Å². The topological polar surface area (TPSA) is 71.5 Å². The van der Waals surface area contributed by atoms with Crippen molar-refractivity contribution >= 4 is 5.91 Å². The number of pyridine rings is 1. The molecule has 0 spiro atoms. The first-order valence-electron chi connectivity index (χ1n) is 9.52. The number of nitrogens with zero attached hydrogens (tertiary/aromatic N) is 5. The number of aromatic nitrogens is 3. The molecule has 3 heterocycles. The Balaban J connectivity index is 1.58. The van der Waals surface area contributed by atoms with E-state index in [1.165, 1.54) is 6.33 Å². The second-order valence-corrected chi connectivity index (χ2v) is 7.02. The van der Waals surface area contributed by atoms with Crippen LogP contribution in [0.1, 0.15) is 22.1 Å². The van der Waals surface area contributed by atoms with Gasteiger partial charge in [0.05, 0.1) is 18.8 Å². The van der Waals surface area contributed by atoms with Crippen molar-refractivity contribution in [2.24, 2.45) is 0 Å². The van der Waals surface area contributed by atoms with E-state index in [9.17, 15) is 4.79 Å². The van der Waals surface area contributed by atoms with Gasteiger partial charge >= 0.3 is 0 Å². The van der Waals surface area contributed by atoms with Crippen LogP contribution in [0.4, 0.5) is 0 Å². The number of para-hydroxylation sites is 1. The lowest BCUT2D eigenvalue weighted by atomic mass is 10.0. The highest BCUT2D eigenvalue weighted by atomic mass is 16.5. The van der Waals surface area contributed by atoms with Crippen molar-refractivity contribution in [1.82, 2.24) is 24.8 Å². The average molecular weight is 389 g/mol. The Morgan fingerprint density at radius 2 is 1.86 bits per heavy atom. The molecule has 4 rings (SSSR count). The normalized spacial score (nSPS) is 17.2. The molecular formula is C22H23N5O2. The number of likely N-dealkylation sites (N-methyl/N-ethyl adjacent to an activating group) is 1. The Hall–Kier alpha value is -3.32. The van der Waals surface area contributed by atoms with Crippen molar-refractivity contribution in [3.8, 4) is 17.0 Å². The number of hydrogen-bond acceptors (Lipinski definition) is 6. The summed E-state index contributed by atoms with van der Waals surface area (Å²) in [6.07, 6.45) is 4.86. The zero-order valence-corrected chi connectivity index (χ0v) is 16.5. The summed E-state index contributed by atoms with van der Waals surface area (Å²) < 4.78 is 5.54. The third-order valence-corrected chi connectivity index (χ3v) is 5.26. The van der Waals surface area contributed by atoms with E-state index < -0.39 is 0 Å². The number of ether oxygens (including phenoxy) is 1. The van der Waals surface area contributed by atoms with Gasteiger partial charge in [0.25, 0.3) is 5.91 Å². The minimum atomic E-state index is -0.0725. The van der Waals surface area contributed by atoms with Crippen LogP contribution < -0.4 is 4.74 Å². The molecule has 0 bridgehead atoms. The van der Waals surface area contributed by atoms with Crippen LogP contribution in [0.2, 0.25) is 0 Å². The molecule has 1 amide bonds. The molecule has 1 aromatic carbocycles. The van der Waals surface area contributed by atoms with E-state index in [2.05, 4.69) is 33.0 Å². The second kappa shape index (κ2) is 8.36. The van der Waals surface area contributed by atoms with Crippen LogP contribution in [0.25, 0.3) is 11.3 Å². The Morgan fingerprint density at radius 3 is 2.66 bits per heavy atom. The van der Waals surface area contributed by atoms with Crippen molar-refractivity contribution in [1.29, 1.82) is 0 Å². The number of methoxy groups -OCH3 is 1. The summed E-state index contributed by atoms with van der Waals surface area (Å²) in [5, 5.41) is 0. The first-order chi connectivity index (χ1) is 14.2. The average Bonchev–Trinajstić information content (AvgIpc) is 2.79. The van der Waals surface area contributed by atoms with E-state index in [4.69, 9.17) is 4.74 Å². The minimum Gasteiger partial charge on any atom is -0.496 e. The van der Waals surface area contributed by atoms with Gasteiger partial charge < -0.3 is 9.64 Å². The molecule has 0 saturated carbocycles. The summed E-state index contributed by atoms with van der Waals surface area (Å²) in [6, 6.07) is 13.5. The minimum absolute atomic E-state index is 0.0644. The summed E-state index contributed by atoms with van der Waals surface area (Å²) in [6.45, 7) is 2.01. The summed E-state index contributed by atoms with van der Waals surface area (Å²) >= 11 is 0. The molecule has 7 nitrogen and oxygen atoms in total. The number of benzene rings is 1. The molecule has 0 aliphatic carbocycles. The van der Waals surface area contributed by atoms with Gasteiger partial charge in [-0.1, -0.05) is 24.3 Å². The molecule has 1 aliphatic heterocycles. The van der Waals surface area contributed by atoms with Crippen molar-refractivity contribution in [3.05, 3.63) is 72.4 Å². The molecule has 148 valence electrons. The zero-order chi connectivity index (χ0) is 20.2. The van der Waals surface area contributed by atoms with E-state index in [0.717, 1.165) is 23.4 Å². The number of hydrogen-bond donors (Lipinski definition) is 0. The second-order valence-electron chi connectivity index (χ2n) is 7.02. The van der Waals surface area contributed by atoms with Gasteiger partial charge in [0.2, 0.25) is 0 Å². The highest BCUT2D eigenvalue weighted by Gasteiger charge is 2.31. The van der Waals surface area contributed by atoms with E-state index in [-0.39, 0.29) is 11.9 Å². The predicted octanol–water partition coefficient (Wildman–Crippen LogP) is 2.68. The van der Waals surface area contributed by atoms with Crippen molar-refractivity contribution in [2.75, 3.05) is 33.8 Å². The molecule has 1 unspecified atom stereocenters. The van der Waals surface area contributed by atoms with E-state index >= 15 is 0 Å². The monoisotopic (exact) mass is 389 g/mol. The predicted molar refractivity (Wildman–Crippen MR) is 110 cm³/mol. The van der Waals surface area contributed by atoms with Gasteiger partial charge in [0.15, 0.2) is 0 Å². The van der Waals surface area contributed by atoms with Gasteiger partial charge in [-0.2, -0.15) is 0 Å². The molecular weight excluding hydrogens is 366 g/mol. The van der Waals surface area contributed by atoms with Crippen molar-refractivity contribution in [2.45, 2.75) is 6.04 Å². The Bertz CT molecular complexity index is 995. The fourth-order valence-electron chi connectivity index (χ4n) is 3.64. The van der Waals surface area contributed by atoms with Gasteiger partial charge in [-0.25, -0.2) is 15.0 Å². The molecule has 0 radical (unpaired) electrons. The molecule has 29 heavy (non-hydrogen) atoms. The fourth-order valence-corrected chi connectivity index (χ4v) is 3.64.